The lowest BCUT2D eigenvalue weighted by Gasteiger charge is -2.17. The Morgan fingerprint density at radius 2 is 1.96 bits per heavy atom. The van der Waals surface area contributed by atoms with Crippen molar-refractivity contribution >= 4 is 57.8 Å². The SMILES string of the molecule is C#CCOc1c(I)cc(C=C2C(=O)NC(=S)NC2=O)cc1OCC. The van der Waals surface area contributed by atoms with Gasteiger partial charge >= 0.3 is 0 Å². The molecule has 2 rings (SSSR count). The Kier molecular flexibility index (Phi) is 6.16. The minimum absolute atomic E-state index is 0.00947. The van der Waals surface area contributed by atoms with E-state index in [1.54, 1.807) is 12.1 Å². The van der Waals surface area contributed by atoms with Gasteiger partial charge in [-0.3, -0.25) is 20.2 Å². The molecule has 0 atom stereocenters. The minimum Gasteiger partial charge on any atom is -0.490 e. The molecule has 0 saturated carbocycles. The molecule has 124 valence electrons. The summed E-state index contributed by atoms with van der Waals surface area (Å²) in [4.78, 5) is 23.8. The van der Waals surface area contributed by atoms with Gasteiger partial charge in [0.1, 0.15) is 12.2 Å². The highest BCUT2D eigenvalue weighted by Gasteiger charge is 2.26. The van der Waals surface area contributed by atoms with E-state index in [1.807, 2.05) is 6.92 Å². The molecule has 0 spiro atoms. The Bertz CT molecular complexity index is 761. The first kappa shape index (κ1) is 18.2. The summed E-state index contributed by atoms with van der Waals surface area (Å²) in [6, 6.07) is 3.44. The highest BCUT2D eigenvalue weighted by Crippen LogP contribution is 2.35. The first-order valence-corrected chi connectivity index (χ1v) is 8.36. The highest BCUT2D eigenvalue weighted by atomic mass is 127. The zero-order chi connectivity index (χ0) is 17.7. The zero-order valence-electron chi connectivity index (χ0n) is 12.6. The van der Waals surface area contributed by atoms with Crippen molar-refractivity contribution in [1.82, 2.24) is 10.6 Å². The number of hydrogen-bond acceptors (Lipinski definition) is 5. The second-order valence-corrected chi connectivity index (χ2v) is 6.12. The predicted molar refractivity (Wildman–Crippen MR) is 102 cm³/mol. The first-order chi connectivity index (χ1) is 11.5. The third kappa shape index (κ3) is 4.24. The molecule has 0 aromatic heterocycles. The fourth-order valence-corrected chi connectivity index (χ4v) is 2.93. The molecule has 2 N–H and O–H groups in total. The van der Waals surface area contributed by atoms with Crippen LogP contribution in [0.2, 0.25) is 0 Å². The molecule has 1 fully saturated rings. The third-order valence-electron chi connectivity index (χ3n) is 2.89. The van der Waals surface area contributed by atoms with Gasteiger partial charge in [0.15, 0.2) is 16.6 Å². The smallest absolute Gasteiger partial charge is 0.263 e. The largest absolute Gasteiger partial charge is 0.490 e. The topological polar surface area (TPSA) is 76.7 Å². The van der Waals surface area contributed by atoms with Gasteiger partial charge in [-0.25, -0.2) is 0 Å². The maximum atomic E-state index is 11.9. The van der Waals surface area contributed by atoms with Crippen LogP contribution in [0.15, 0.2) is 17.7 Å². The lowest BCUT2D eigenvalue weighted by atomic mass is 10.1. The number of nitrogens with one attached hydrogen (secondary N) is 2. The zero-order valence-corrected chi connectivity index (χ0v) is 15.6. The van der Waals surface area contributed by atoms with Gasteiger partial charge < -0.3 is 9.47 Å². The Morgan fingerprint density at radius 3 is 2.54 bits per heavy atom. The number of rotatable bonds is 5. The normalized spacial score (nSPS) is 13.7. The van der Waals surface area contributed by atoms with Gasteiger partial charge in [-0.15, -0.1) is 6.42 Å². The number of carbonyl (C=O) groups is 2. The molecule has 6 nitrogen and oxygen atoms in total. The van der Waals surface area contributed by atoms with Crippen molar-refractivity contribution in [2.24, 2.45) is 0 Å². The molecule has 1 aromatic rings. The molecule has 2 amide bonds. The van der Waals surface area contributed by atoms with Crippen molar-refractivity contribution in [2.45, 2.75) is 6.92 Å². The average Bonchev–Trinajstić information content (AvgIpc) is 2.50. The number of halogens is 1. The van der Waals surface area contributed by atoms with Crippen molar-refractivity contribution in [2.75, 3.05) is 13.2 Å². The third-order valence-corrected chi connectivity index (χ3v) is 3.89. The van der Waals surface area contributed by atoms with Gasteiger partial charge in [-0.1, -0.05) is 5.92 Å². The summed E-state index contributed by atoms with van der Waals surface area (Å²) in [5, 5.41) is 4.76. The monoisotopic (exact) mass is 456 g/mol. The molecular formula is C16H13IN2O4S. The molecule has 0 unspecified atom stereocenters. The van der Waals surface area contributed by atoms with E-state index in [0.29, 0.717) is 23.7 Å². The lowest BCUT2D eigenvalue weighted by Crippen LogP contribution is -2.51. The van der Waals surface area contributed by atoms with Crippen LogP contribution >= 0.6 is 34.8 Å². The van der Waals surface area contributed by atoms with Crippen LogP contribution in [0.3, 0.4) is 0 Å². The van der Waals surface area contributed by atoms with Crippen molar-refractivity contribution < 1.29 is 19.1 Å². The fourth-order valence-electron chi connectivity index (χ4n) is 1.96. The molecule has 8 heteroatoms. The van der Waals surface area contributed by atoms with Gasteiger partial charge in [0.2, 0.25) is 0 Å². The van der Waals surface area contributed by atoms with E-state index in [-0.39, 0.29) is 17.3 Å². The van der Waals surface area contributed by atoms with E-state index in [0.717, 1.165) is 3.57 Å². The summed E-state index contributed by atoms with van der Waals surface area (Å²) in [6.07, 6.45) is 6.68. The Balaban J connectivity index is 2.42. The van der Waals surface area contributed by atoms with Gasteiger partial charge in [-0.05, 0) is 65.5 Å². The average molecular weight is 456 g/mol. The number of amides is 2. The molecule has 1 aliphatic rings. The van der Waals surface area contributed by atoms with Gasteiger partial charge in [0, 0.05) is 0 Å². The van der Waals surface area contributed by atoms with Crippen LogP contribution < -0.4 is 20.1 Å². The standard InChI is InChI=1S/C16H13IN2O4S/c1-3-5-23-13-11(17)7-9(8-12(13)22-4-2)6-10-14(20)18-16(24)19-15(10)21/h1,6-8H,4-5H2,2H3,(H2,18,19,20,21,24). The molecule has 0 bridgehead atoms. The lowest BCUT2D eigenvalue weighted by molar-refractivity contribution is -0.123. The van der Waals surface area contributed by atoms with E-state index in [2.05, 4.69) is 39.1 Å². The summed E-state index contributed by atoms with van der Waals surface area (Å²) in [6.45, 7) is 2.38. The summed E-state index contributed by atoms with van der Waals surface area (Å²) >= 11 is 6.84. The number of ether oxygens (including phenoxy) is 2. The Morgan fingerprint density at radius 1 is 1.29 bits per heavy atom. The van der Waals surface area contributed by atoms with Gasteiger partial charge in [-0.2, -0.15) is 0 Å². The number of carbonyl (C=O) groups excluding carboxylic acids is 2. The van der Waals surface area contributed by atoms with E-state index >= 15 is 0 Å². The van der Waals surface area contributed by atoms with Crippen LogP contribution in [-0.4, -0.2) is 30.1 Å². The van der Waals surface area contributed by atoms with Gasteiger partial charge in [0.05, 0.1) is 10.2 Å². The number of thiocarbonyl (C=S) groups is 1. The van der Waals surface area contributed by atoms with E-state index in [4.69, 9.17) is 28.1 Å². The summed E-state index contributed by atoms with van der Waals surface area (Å²) in [7, 11) is 0. The van der Waals surface area contributed by atoms with Crippen molar-refractivity contribution in [3.8, 4) is 23.8 Å². The van der Waals surface area contributed by atoms with Gasteiger partial charge in [0.25, 0.3) is 11.8 Å². The van der Waals surface area contributed by atoms with Crippen molar-refractivity contribution in [3.63, 3.8) is 0 Å². The van der Waals surface area contributed by atoms with Crippen LogP contribution in [0, 0.1) is 15.9 Å². The maximum absolute atomic E-state index is 11.9. The summed E-state index contributed by atoms with van der Waals surface area (Å²) in [5.74, 6) is 2.30. The van der Waals surface area contributed by atoms with Crippen LogP contribution in [0.1, 0.15) is 12.5 Å². The number of benzene rings is 1. The number of terminal acetylenes is 1. The van der Waals surface area contributed by atoms with Crippen molar-refractivity contribution in [1.29, 1.82) is 0 Å². The Labute approximate surface area is 158 Å². The molecule has 1 saturated heterocycles. The first-order valence-electron chi connectivity index (χ1n) is 6.87. The van der Waals surface area contributed by atoms with Crippen molar-refractivity contribution in [3.05, 3.63) is 26.8 Å². The minimum atomic E-state index is -0.552. The van der Waals surface area contributed by atoms with E-state index < -0.39 is 11.8 Å². The molecule has 1 heterocycles. The maximum Gasteiger partial charge on any atom is 0.263 e. The quantitative estimate of drug-likeness (QED) is 0.232. The highest BCUT2D eigenvalue weighted by molar-refractivity contribution is 14.1. The molecule has 1 aromatic carbocycles. The van der Waals surface area contributed by atoms with E-state index in [9.17, 15) is 9.59 Å². The fraction of sp³-hybridized carbons (Fsp3) is 0.188. The summed E-state index contributed by atoms with van der Waals surface area (Å²) in [5.41, 5.74) is 0.572. The second kappa shape index (κ2) is 8.12. The summed E-state index contributed by atoms with van der Waals surface area (Å²) < 4.78 is 11.8. The molecule has 1 aliphatic heterocycles. The Hall–Kier alpha value is -2.12. The molecule has 24 heavy (non-hydrogen) atoms. The number of hydrogen-bond donors (Lipinski definition) is 2. The predicted octanol–water partition coefficient (Wildman–Crippen LogP) is 1.62. The van der Waals surface area contributed by atoms with Crippen LogP contribution in [0.25, 0.3) is 6.08 Å². The molecule has 0 radical (unpaired) electrons. The van der Waals surface area contributed by atoms with Crippen LogP contribution in [0.5, 0.6) is 11.5 Å². The second-order valence-electron chi connectivity index (χ2n) is 4.55. The molecule has 0 aliphatic carbocycles. The van der Waals surface area contributed by atoms with E-state index in [1.165, 1.54) is 6.08 Å². The molecular weight excluding hydrogens is 443 g/mol. The van der Waals surface area contributed by atoms with Crippen LogP contribution in [0.4, 0.5) is 0 Å². The van der Waals surface area contributed by atoms with Crippen LogP contribution in [-0.2, 0) is 9.59 Å².